The van der Waals surface area contributed by atoms with Crippen LogP contribution in [-0.2, 0) is 4.65 Å². The quantitative estimate of drug-likeness (QED) is 0.338. The molecule has 0 saturated carbocycles. The number of hydrogen-bond acceptors (Lipinski definition) is 3. The first-order valence-electron chi connectivity index (χ1n) is 1.47. The van der Waals surface area contributed by atoms with Gasteiger partial charge >= 0.3 is 7.69 Å². The fourth-order valence-corrected chi connectivity index (χ4v) is 0.0913. The lowest BCUT2D eigenvalue weighted by atomic mass is 10.4. The van der Waals surface area contributed by atoms with Crippen LogP contribution in [0.4, 0.5) is 0 Å². The van der Waals surface area contributed by atoms with Crippen molar-refractivity contribution in [1.29, 1.82) is 5.26 Å². The largest absolute Gasteiger partial charge is 0.436 e. The molecule has 0 saturated heterocycles. The smallest absolute Gasteiger partial charge is 0.430 e. The van der Waals surface area contributed by atoms with E-state index in [0.717, 1.165) is 0 Å². The monoisotopic (exact) mass is 85.0 g/mol. The minimum absolute atomic E-state index is 0.0312. The van der Waals surface area contributed by atoms with Gasteiger partial charge in [0.2, 0.25) is 0 Å². The van der Waals surface area contributed by atoms with Crippen molar-refractivity contribution in [2.45, 2.75) is 0 Å². The average Bonchev–Trinajstić information content (AvgIpc) is 1.61. The van der Waals surface area contributed by atoms with Gasteiger partial charge in [-0.3, -0.25) is 0 Å². The normalized spacial score (nSPS) is 6.67. The maximum atomic E-state index is 7.82. The van der Waals surface area contributed by atoms with Gasteiger partial charge < -0.3 is 9.68 Å². The third kappa shape index (κ3) is 3.47. The molecule has 0 bridgehead atoms. The van der Waals surface area contributed by atoms with Gasteiger partial charge in [-0.05, 0) is 0 Å². The lowest BCUT2D eigenvalue weighted by Gasteiger charge is -1.81. The fourth-order valence-electron chi connectivity index (χ4n) is 0.0913. The van der Waals surface area contributed by atoms with E-state index in [1.54, 1.807) is 6.07 Å². The molecule has 0 radical (unpaired) electrons. The van der Waals surface area contributed by atoms with Gasteiger partial charge in [0.1, 0.15) is 6.61 Å². The summed E-state index contributed by atoms with van der Waals surface area (Å²) in [6.45, 7) is -0.0312. The summed E-state index contributed by atoms with van der Waals surface area (Å²) in [5, 5.41) is 15.5. The molecule has 4 heteroatoms. The van der Waals surface area contributed by atoms with Gasteiger partial charge in [-0.25, -0.2) is 0 Å². The van der Waals surface area contributed by atoms with Crippen LogP contribution in [0.3, 0.4) is 0 Å². The van der Waals surface area contributed by atoms with Crippen LogP contribution in [0.15, 0.2) is 0 Å². The van der Waals surface area contributed by atoms with Crippen molar-refractivity contribution >= 4 is 7.69 Å². The van der Waals surface area contributed by atoms with E-state index in [4.69, 9.17) is 10.3 Å². The van der Waals surface area contributed by atoms with E-state index in [1.165, 1.54) is 0 Å². The molecule has 0 atom stereocenters. The van der Waals surface area contributed by atoms with E-state index in [1.807, 2.05) is 0 Å². The zero-order valence-corrected chi connectivity index (χ0v) is 3.22. The molecule has 0 aliphatic carbocycles. The number of rotatable bonds is 2. The Balaban J connectivity index is 2.54. The molecule has 3 nitrogen and oxygen atoms in total. The van der Waals surface area contributed by atoms with Gasteiger partial charge in [-0.1, -0.05) is 0 Å². The molecule has 0 rings (SSSR count). The molecule has 1 N–H and O–H groups in total. The maximum absolute atomic E-state index is 7.82. The van der Waals surface area contributed by atoms with E-state index < -0.39 is 0 Å². The summed E-state index contributed by atoms with van der Waals surface area (Å²) in [6.07, 6.45) is 0. The third-order valence-electron chi connectivity index (χ3n) is 0.258. The predicted molar refractivity (Wildman–Crippen MR) is 20.9 cm³/mol. The first-order chi connectivity index (χ1) is 2.91. The van der Waals surface area contributed by atoms with Crippen LogP contribution < -0.4 is 0 Å². The van der Waals surface area contributed by atoms with E-state index in [0.29, 0.717) is 0 Å². The van der Waals surface area contributed by atoms with Crippen molar-refractivity contribution in [2.24, 2.45) is 0 Å². The van der Waals surface area contributed by atoms with Gasteiger partial charge in [-0.2, -0.15) is 5.26 Å². The molecule has 0 fully saturated rings. The Morgan fingerprint density at radius 3 is 2.83 bits per heavy atom. The van der Waals surface area contributed by atoms with Gasteiger partial charge in [0.25, 0.3) is 0 Å². The van der Waals surface area contributed by atoms with Crippen molar-refractivity contribution < 1.29 is 9.68 Å². The Hall–Kier alpha value is -0.525. The molecular formula is C2H4BNO2. The molecule has 0 aromatic carbocycles. The van der Waals surface area contributed by atoms with Gasteiger partial charge in [0, 0.05) is 0 Å². The highest BCUT2D eigenvalue weighted by atomic mass is 16.5. The van der Waals surface area contributed by atoms with Crippen LogP contribution in [0.5, 0.6) is 0 Å². The fraction of sp³-hybridized carbons (Fsp3) is 0.500. The summed E-state index contributed by atoms with van der Waals surface area (Å²) in [6, 6.07) is 1.69. The lowest BCUT2D eigenvalue weighted by molar-refractivity contribution is 0.324. The van der Waals surface area contributed by atoms with Crippen LogP contribution >= 0.6 is 0 Å². The third-order valence-corrected chi connectivity index (χ3v) is 0.258. The maximum Gasteiger partial charge on any atom is 0.436 e. The Morgan fingerprint density at radius 1 is 2.00 bits per heavy atom. The number of nitriles is 1. The highest BCUT2D eigenvalue weighted by Gasteiger charge is 1.77. The van der Waals surface area contributed by atoms with Gasteiger partial charge in [-0.15, -0.1) is 0 Å². The van der Waals surface area contributed by atoms with E-state index in [2.05, 4.69) is 4.65 Å². The van der Waals surface area contributed by atoms with Crippen LogP contribution in [-0.4, -0.2) is 19.3 Å². The van der Waals surface area contributed by atoms with Gasteiger partial charge in [0.05, 0.1) is 6.07 Å². The SMILES string of the molecule is N#CCOBO. The second-order valence-corrected chi connectivity index (χ2v) is 0.636. The number of nitrogens with zero attached hydrogens (tertiary/aromatic N) is 1. The molecule has 6 heavy (non-hydrogen) atoms. The molecule has 0 amide bonds. The minimum atomic E-state index is -0.367. The number of hydrogen-bond donors (Lipinski definition) is 1. The van der Waals surface area contributed by atoms with E-state index in [-0.39, 0.29) is 14.3 Å². The molecular weight excluding hydrogens is 80.8 g/mol. The molecule has 0 heterocycles. The second kappa shape index (κ2) is 4.47. The summed E-state index contributed by atoms with van der Waals surface area (Å²) in [4.78, 5) is 0. The lowest BCUT2D eigenvalue weighted by Crippen LogP contribution is -1.95. The second-order valence-electron chi connectivity index (χ2n) is 0.636. The summed E-state index contributed by atoms with van der Waals surface area (Å²) in [7, 11) is -0.367. The van der Waals surface area contributed by atoms with Crippen molar-refractivity contribution in [3.63, 3.8) is 0 Å². The average molecular weight is 84.9 g/mol. The van der Waals surface area contributed by atoms with Crippen LogP contribution in [0.1, 0.15) is 0 Å². The standard InChI is InChI=1S/C2H4BNO2/c4-1-2-6-3-5/h3,5H,2H2. The zero-order valence-electron chi connectivity index (χ0n) is 3.22. The molecule has 32 valence electrons. The Morgan fingerprint density at radius 2 is 2.67 bits per heavy atom. The minimum Gasteiger partial charge on any atom is -0.430 e. The molecule has 0 aromatic rings. The van der Waals surface area contributed by atoms with Crippen LogP contribution in [0.2, 0.25) is 0 Å². The Bertz CT molecular complexity index is 59.1. The summed E-state index contributed by atoms with van der Waals surface area (Å²) >= 11 is 0. The van der Waals surface area contributed by atoms with E-state index >= 15 is 0 Å². The van der Waals surface area contributed by atoms with Crippen LogP contribution in [0.25, 0.3) is 0 Å². The molecule has 0 aliphatic rings. The molecule has 0 aliphatic heterocycles. The molecule has 0 aromatic heterocycles. The van der Waals surface area contributed by atoms with E-state index in [9.17, 15) is 0 Å². The summed E-state index contributed by atoms with van der Waals surface area (Å²) < 4.78 is 4.18. The van der Waals surface area contributed by atoms with Crippen molar-refractivity contribution in [3.8, 4) is 6.07 Å². The Labute approximate surface area is 36.5 Å². The topological polar surface area (TPSA) is 53.2 Å². The highest BCUT2D eigenvalue weighted by Crippen LogP contribution is 1.58. The first-order valence-corrected chi connectivity index (χ1v) is 1.47. The van der Waals surface area contributed by atoms with Crippen molar-refractivity contribution in [1.82, 2.24) is 0 Å². The summed E-state index contributed by atoms with van der Waals surface area (Å²) in [5.74, 6) is 0. The predicted octanol–water partition coefficient (Wildman–Crippen LogP) is -1.21. The van der Waals surface area contributed by atoms with Crippen LogP contribution in [0, 0.1) is 11.3 Å². The summed E-state index contributed by atoms with van der Waals surface area (Å²) in [5.41, 5.74) is 0. The molecule has 0 spiro atoms. The Kier molecular flexibility index (Phi) is 4.08. The molecule has 0 unspecified atom stereocenters. The van der Waals surface area contributed by atoms with Gasteiger partial charge in [0.15, 0.2) is 0 Å². The van der Waals surface area contributed by atoms with Crippen molar-refractivity contribution in [3.05, 3.63) is 0 Å². The van der Waals surface area contributed by atoms with Crippen molar-refractivity contribution in [2.75, 3.05) is 6.61 Å². The highest BCUT2D eigenvalue weighted by molar-refractivity contribution is 6.15. The zero-order chi connectivity index (χ0) is 4.83. The first kappa shape index (κ1) is 5.47.